The van der Waals surface area contributed by atoms with Crippen LogP contribution in [0.1, 0.15) is 39.0 Å². The van der Waals surface area contributed by atoms with Gasteiger partial charge < -0.3 is 4.74 Å². The first-order valence-corrected chi connectivity index (χ1v) is 7.06. The van der Waals surface area contributed by atoms with Crippen LogP contribution in [0.3, 0.4) is 0 Å². The molecule has 0 aromatic carbocycles. The Labute approximate surface area is 114 Å². The molecule has 0 bridgehead atoms. The molecule has 5 heteroatoms. The van der Waals surface area contributed by atoms with Crippen LogP contribution in [0.2, 0.25) is 0 Å². The van der Waals surface area contributed by atoms with Gasteiger partial charge in [-0.25, -0.2) is 0 Å². The van der Waals surface area contributed by atoms with Gasteiger partial charge in [-0.3, -0.25) is 19.6 Å². The number of hydrogen-bond acceptors (Lipinski definition) is 4. The number of esters is 1. The molecule has 1 saturated heterocycles. The van der Waals surface area contributed by atoms with Crippen molar-refractivity contribution >= 4 is 11.9 Å². The van der Waals surface area contributed by atoms with Crippen molar-refractivity contribution in [3.8, 4) is 0 Å². The van der Waals surface area contributed by atoms with Crippen molar-refractivity contribution in [3.63, 3.8) is 0 Å². The third-order valence-corrected chi connectivity index (χ3v) is 3.73. The molecule has 1 unspecified atom stereocenters. The Morgan fingerprint density at radius 1 is 1.47 bits per heavy atom. The van der Waals surface area contributed by atoms with Crippen molar-refractivity contribution < 1.29 is 14.3 Å². The molecule has 0 aromatic rings. The normalized spacial score (nSPS) is 22.3. The highest BCUT2D eigenvalue weighted by Gasteiger charge is 2.39. The van der Waals surface area contributed by atoms with E-state index in [1.807, 2.05) is 5.01 Å². The summed E-state index contributed by atoms with van der Waals surface area (Å²) >= 11 is 0. The zero-order valence-electron chi connectivity index (χ0n) is 11.7. The summed E-state index contributed by atoms with van der Waals surface area (Å²) in [4.78, 5) is 24.1. The zero-order chi connectivity index (χ0) is 13.8. The molecule has 0 saturated carbocycles. The van der Waals surface area contributed by atoms with E-state index >= 15 is 0 Å². The number of unbranched alkanes of at least 4 members (excludes halogenated alkanes) is 2. The molecule has 2 aliphatic rings. The van der Waals surface area contributed by atoms with E-state index in [1.54, 1.807) is 11.1 Å². The maximum Gasteiger partial charge on any atom is 0.322 e. The van der Waals surface area contributed by atoms with Crippen LogP contribution in [-0.4, -0.2) is 42.1 Å². The molecule has 2 aliphatic heterocycles. The number of hydrazine groups is 1. The number of nitrogens with zero attached hydrogens (tertiary/aromatic N) is 2. The molecule has 0 aromatic heterocycles. The van der Waals surface area contributed by atoms with Gasteiger partial charge in [-0.05, 0) is 25.3 Å². The fourth-order valence-electron chi connectivity index (χ4n) is 2.71. The quantitative estimate of drug-likeness (QED) is 0.432. The number of carbonyl (C=O) groups is 2. The van der Waals surface area contributed by atoms with Gasteiger partial charge in [0, 0.05) is 18.8 Å². The minimum absolute atomic E-state index is 0.145. The lowest BCUT2D eigenvalue weighted by atomic mass is 10.0. The fourth-order valence-corrected chi connectivity index (χ4v) is 2.71. The predicted molar refractivity (Wildman–Crippen MR) is 70.8 cm³/mol. The molecule has 0 aliphatic carbocycles. The van der Waals surface area contributed by atoms with Crippen molar-refractivity contribution in [1.29, 1.82) is 0 Å². The second-order valence-corrected chi connectivity index (χ2v) is 5.05. The Morgan fingerprint density at radius 3 is 2.95 bits per heavy atom. The molecule has 2 rings (SSSR count). The van der Waals surface area contributed by atoms with E-state index in [-0.39, 0.29) is 5.91 Å². The topological polar surface area (TPSA) is 49.9 Å². The van der Waals surface area contributed by atoms with E-state index in [0.29, 0.717) is 6.54 Å². The van der Waals surface area contributed by atoms with E-state index in [4.69, 9.17) is 4.74 Å². The summed E-state index contributed by atoms with van der Waals surface area (Å²) in [7, 11) is 1.33. The van der Waals surface area contributed by atoms with Crippen molar-refractivity contribution in [2.24, 2.45) is 5.92 Å². The largest absolute Gasteiger partial charge is 0.468 e. The highest BCUT2D eigenvalue weighted by atomic mass is 16.5. The first-order valence-electron chi connectivity index (χ1n) is 7.06. The minimum atomic E-state index is -0.754. The summed E-state index contributed by atoms with van der Waals surface area (Å²) in [5, 5.41) is 3.79. The van der Waals surface area contributed by atoms with E-state index < -0.39 is 11.9 Å². The molecule has 0 spiro atoms. The van der Waals surface area contributed by atoms with Gasteiger partial charge in [0.2, 0.25) is 0 Å². The number of hydrogen-bond donors (Lipinski definition) is 0. The summed E-state index contributed by atoms with van der Waals surface area (Å²) in [6, 6.07) is 0. The van der Waals surface area contributed by atoms with Crippen molar-refractivity contribution in [1.82, 2.24) is 10.0 Å². The molecule has 19 heavy (non-hydrogen) atoms. The first-order chi connectivity index (χ1) is 9.19. The Balaban J connectivity index is 2.15. The first kappa shape index (κ1) is 13.9. The van der Waals surface area contributed by atoms with Gasteiger partial charge in [0.15, 0.2) is 5.92 Å². The number of allylic oxidation sites excluding steroid dienone is 1. The maximum atomic E-state index is 12.4. The summed E-state index contributed by atoms with van der Waals surface area (Å²) in [6.45, 7) is 3.70. The summed E-state index contributed by atoms with van der Waals surface area (Å²) < 4.78 is 4.73. The molecule has 1 fully saturated rings. The Hall–Kier alpha value is -1.52. The number of methoxy groups -OCH3 is 1. The van der Waals surface area contributed by atoms with Gasteiger partial charge in [0.1, 0.15) is 0 Å². The van der Waals surface area contributed by atoms with Crippen LogP contribution >= 0.6 is 0 Å². The van der Waals surface area contributed by atoms with E-state index in [0.717, 1.165) is 44.3 Å². The molecule has 106 valence electrons. The minimum Gasteiger partial charge on any atom is -0.468 e. The van der Waals surface area contributed by atoms with E-state index in [1.165, 1.54) is 7.11 Å². The summed E-state index contributed by atoms with van der Waals surface area (Å²) in [6.07, 6.45) is 6.93. The third kappa shape index (κ3) is 2.74. The predicted octanol–water partition coefficient (Wildman–Crippen LogP) is 1.70. The summed E-state index contributed by atoms with van der Waals surface area (Å²) in [5.74, 6) is -1.35. The van der Waals surface area contributed by atoms with Gasteiger partial charge in [-0.1, -0.05) is 19.8 Å². The average molecular weight is 266 g/mol. The molecule has 5 nitrogen and oxygen atoms in total. The van der Waals surface area contributed by atoms with Gasteiger partial charge in [0.05, 0.1) is 7.11 Å². The van der Waals surface area contributed by atoms with E-state index in [2.05, 4.69) is 6.92 Å². The molecule has 0 radical (unpaired) electrons. The second kappa shape index (κ2) is 6.08. The number of carbonyl (C=O) groups excluding carboxylic acids is 2. The third-order valence-electron chi connectivity index (χ3n) is 3.73. The van der Waals surface area contributed by atoms with Crippen LogP contribution in [0.4, 0.5) is 0 Å². The van der Waals surface area contributed by atoms with Gasteiger partial charge in [-0.15, -0.1) is 0 Å². The van der Waals surface area contributed by atoms with Gasteiger partial charge >= 0.3 is 5.97 Å². The lowest BCUT2D eigenvalue weighted by Gasteiger charge is -2.39. The molecule has 0 N–H and O–H groups in total. The molecule has 1 amide bonds. The average Bonchev–Trinajstić information content (AvgIpc) is 2.88. The summed E-state index contributed by atoms with van der Waals surface area (Å²) in [5.41, 5.74) is 1.09. The highest BCUT2D eigenvalue weighted by Crippen LogP contribution is 2.31. The Bertz CT molecular complexity index is 392. The second-order valence-electron chi connectivity index (χ2n) is 5.05. The Morgan fingerprint density at radius 2 is 2.26 bits per heavy atom. The number of fused-ring (bicyclic) bond motifs is 1. The van der Waals surface area contributed by atoms with Crippen LogP contribution in [0.15, 0.2) is 11.8 Å². The number of amides is 1. The SMILES string of the molecule is CCCCCN1C(=O)C(C(=O)OC)C=C2CCCN21. The number of rotatable bonds is 5. The number of ether oxygens (including phenoxy) is 1. The van der Waals surface area contributed by atoms with Crippen molar-refractivity contribution in [2.75, 3.05) is 20.2 Å². The molecular formula is C14H22N2O3. The van der Waals surface area contributed by atoms with Crippen LogP contribution in [-0.2, 0) is 14.3 Å². The zero-order valence-corrected chi connectivity index (χ0v) is 11.7. The lowest BCUT2D eigenvalue weighted by molar-refractivity contribution is -0.160. The fraction of sp³-hybridized carbons (Fsp3) is 0.714. The standard InChI is InChI=1S/C14H22N2O3/c1-3-4-5-8-16-13(17)12(14(18)19-2)10-11-7-6-9-15(11)16/h10,12H,3-9H2,1-2H3. The molecule has 2 heterocycles. The van der Waals surface area contributed by atoms with E-state index in [9.17, 15) is 9.59 Å². The molecule has 1 atom stereocenters. The Kier molecular flexibility index (Phi) is 4.45. The van der Waals surface area contributed by atoms with Crippen LogP contribution in [0.5, 0.6) is 0 Å². The van der Waals surface area contributed by atoms with Crippen molar-refractivity contribution in [3.05, 3.63) is 11.8 Å². The van der Waals surface area contributed by atoms with Crippen molar-refractivity contribution in [2.45, 2.75) is 39.0 Å². The monoisotopic (exact) mass is 266 g/mol. The van der Waals surface area contributed by atoms with Crippen LogP contribution < -0.4 is 0 Å². The molecular weight excluding hydrogens is 244 g/mol. The smallest absolute Gasteiger partial charge is 0.322 e. The van der Waals surface area contributed by atoms with Crippen LogP contribution in [0, 0.1) is 5.92 Å². The van der Waals surface area contributed by atoms with Crippen LogP contribution in [0.25, 0.3) is 0 Å². The lowest BCUT2D eigenvalue weighted by Crippen LogP contribution is -2.51. The van der Waals surface area contributed by atoms with Gasteiger partial charge in [-0.2, -0.15) is 0 Å². The maximum absolute atomic E-state index is 12.4. The van der Waals surface area contributed by atoms with Gasteiger partial charge in [0.25, 0.3) is 5.91 Å². The highest BCUT2D eigenvalue weighted by molar-refractivity contribution is 6.00.